The Morgan fingerprint density at radius 3 is 2.65 bits per heavy atom. The predicted molar refractivity (Wildman–Crippen MR) is 85.6 cm³/mol. The molecule has 2 heterocycles. The van der Waals surface area contributed by atoms with E-state index in [4.69, 9.17) is 0 Å². The molecule has 1 aliphatic rings. The zero-order valence-electron chi connectivity index (χ0n) is 13.1. The van der Waals surface area contributed by atoms with Gasteiger partial charge in [-0.25, -0.2) is 18.2 Å². The summed E-state index contributed by atoms with van der Waals surface area (Å²) >= 11 is 0. The first-order valence-corrected chi connectivity index (χ1v) is 9.41. The molecule has 0 saturated carbocycles. The average Bonchev–Trinajstić information content (AvgIpc) is 2.53. The van der Waals surface area contributed by atoms with Crippen molar-refractivity contribution in [2.45, 2.75) is 38.6 Å². The van der Waals surface area contributed by atoms with E-state index in [1.165, 1.54) is 12.1 Å². The maximum atomic E-state index is 12.2. The molecule has 0 bridgehead atoms. The third kappa shape index (κ3) is 5.14. The smallest absolute Gasteiger partial charge is 0.274 e. The second-order valence-corrected chi connectivity index (χ2v) is 7.54. The second-order valence-electron chi connectivity index (χ2n) is 5.66. The van der Waals surface area contributed by atoms with E-state index in [-0.39, 0.29) is 29.0 Å². The fourth-order valence-electron chi connectivity index (χ4n) is 2.47. The zero-order chi connectivity index (χ0) is 16.9. The summed E-state index contributed by atoms with van der Waals surface area (Å²) in [6.45, 7) is 2.87. The second kappa shape index (κ2) is 7.69. The lowest BCUT2D eigenvalue weighted by Crippen LogP contribution is -2.47. The third-order valence-corrected chi connectivity index (χ3v) is 5.31. The third-order valence-electron chi connectivity index (χ3n) is 3.79. The minimum atomic E-state index is -3.24. The van der Waals surface area contributed by atoms with Gasteiger partial charge in [0, 0.05) is 25.2 Å². The van der Waals surface area contributed by atoms with Gasteiger partial charge in [0.15, 0.2) is 0 Å². The highest BCUT2D eigenvalue weighted by molar-refractivity contribution is 7.89. The Morgan fingerprint density at radius 2 is 2.09 bits per heavy atom. The van der Waals surface area contributed by atoms with Gasteiger partial charge in [0.2, 0.25) is 10.0 Å². The largest absolute Gasteiger partial charge is 0.337 e. The molecule has 0 aromatic carbocycles. The quantitative estimate of drug-likeness (QED) is 0.761. The van der Waals surface area contributed by atoms with Gasteiger partial charge in [0.25, 0.3) is 11.5 Å². The standard InChI is InChI=1S/C14H22N4O4S/c1-2-3-10-23(21,22)17-11-6-8-18(9-7-11)14(20)12-4-5-13(19)16-15-12/h4-5,11,17H,2-3,6-10H2,1H3,(H,16,19). The zero-order valence-corrected chi connectivity index (χ0v) is 13.9. The number of amides is 1. The van der Waals surface area contributed by atoms with Gasteiger partial charge < -0.3 is 4.90 Å². The lowest BCUT2D eigenvalue weighted by atomic mass is 10.1. The van der Waals surface area contributed by atoms with Gasteiger partial charge >= 0.3 is 0 Å². The number of rotatable bonds is 6. The highest BCUT2D eigenvalue weighted by atomic mass is 32.2. The maximum Gasteiger partial charge on any atom is 0.274 e. The van der Waals surface area contributed by atoms with E-state index < -0.39 is 10.0 Å². The number of carbonyl (C=O) groups excluding carboxylic acids is 1. The SMILES string of the molecule is CCCCS(=O)(=O)NC1CCN(C(=O)c2ccc(=O)[nH]n2)CC1. The Hall–Kier alpha value is -1.74. The van der Waals surface area contributed by atoms with E-state index in [1.54, 1.807) is 4.90 Å². The van der Waals surface area contributed by atoms with Crippen molar-refractivity contribution in [3.63, 3.8) is 0 Å². The molecule has 0 aliphatic carbocycles. The number of unbranched alkanes of at least 4 members (excludes halogenated alkanes) is 1. The van der Waals surface area contributed by atoms with Gasteiger partial charge in [-0.15, -0.1) is 0 Å². The van der Waals surface area contributed by atoms with Crippen LogP contribution in [-0.4, -0.2) is 54.3 Å². The lowest BCUT2D eigenvalue weighted by Gasteiger charge is -2.32. The van der Waals surface area contributed by atoms with Crippen LogP contribution in [0.25, 0.3) is 0 Å². The Kier molecular flexibility index (Phi) is 5.89. The van der Waals surface area contributed by atoms with Gasteiger partial charge in [0.1, 0.15) is 5.69 Å². The lowest BCUT2D eigenvalue weighted by molar-refractivity contribution is 0.0704. The van der Waals surface area contributed by atoms with Crippen LogP contribution >= 0.6 is 0 Å². The molecule has 0 radical (unpaired) electrons. The number of hydrogen-bond acceptors (Lipinski definition) is 5. The number of H-pyrrole nitrogens is 1. The molecule has 0 unspecified atom stereocenters. The molecule has 2 N–H and O–H groups in total. The predicted octanol–water partition coefficient (Wildman–Crippen LogP) is 0.0940. The van der Waals surface area contributed by atoms with Crippen molar-refractivity contribution in [2.75, 3.05) is 18.8 Å². The molecule has 1 aromatic rings. The Bertz CT molecular complexity index is 672. The molecule has 1 saturated heterocycles. The van der Waals surface area contributed by atoms with Crippen molar-refractivity contribution in [3.8, 4) is 0 Å². The first-order chi connectivity index (χ1) is 10.9. The van der Waals surface area contributed by atoms with Crippen molar-refractivity contribution in [1.29, 1.82) is 0 Å². The summed E-state index contributed by atoms with van der Waals surface area (Å²) in [6.07, 6.45) is 2.62. The number of aromatic amines is 1. The number of hydrogen-bond donors (Lipinski definition) is 2. The van der Waals surface area contributed by atoms with Crippen LogP contribution in [0.3, 0.4) is 0 Å². The van der Waals surface area contributed by atoms with E-state index >= 15 is 0 Å². The van der Waals surface area contributed by atoms with Crippen molar-refractivity contribution < 1.29 is 13.2 Å². The van der Waals surface area contributed by atoms with E-state index in [0.717, 1.165) is 6.42 Å². The minimum absolute atomic E-state index is 0.135. The summed E-state index contributed by atoms with van der Waals surface area (Å²) in [5.41, 5.74) is -0.173. The Balaban J connectivity index is 1.87. The van der Waals surface area contributed by atoms with Crippen LogP contribution in [0.1, 0.15) is 43.1 Å². The molecule has 128 valence electrons. The van der Waals surface area contributed by atoms with Crippen molar-refractivity contribution in [3.05, 3.63) is 28.2 Å². The van der Waals surface area contributed by atoms with Crippen LogP contribution in [0.4, 0.5) is 0 Å². The number of nitrogens with zero attached hydrogens (tertiary/aromatic N) is 2. The van der Waals surface area contributed by atoms with Crippen molar-refractivity contribution in [2.24, 2.45) is 0 Å². The molecule has 1 amide bonds. The van der Waals surface area contributed by atoms with Gasteiger partial charge in [-0.3, -0.25) is 9.59 Å². The molecule has 9 heteroatoms. The summed E-state index contributed by atoms with van der Waals surface area (Å²) in [4.78, 5) is 24.8. The summed E-state index contributed by atoms with van der Waals surface area (Å²) in [5, 5.41) is 5.96. The first-order valence-electron chi connectivity index (χ1n) is 7.76. The monoisotopic (exact) mass is 342 g/mol. The van der Waals surface area contributed by atoms with Crippen LogP contribution in [-0.2, 0) is 10.0 Å². The number of sulfonamides is 1. The van der Waals surface area contributed by atoms with Crippen LogP contribution in [0.15, 0.2) is 16.9 Å². The van der Waals surface area contributed by atoms with Gasteiger partial charge in [-0.05, 0) is 25.3 Å². The van der Waals surface area contributed by atoms with E-state index in [1.807, 2.05) is 6.92 Å². The maximum absolute atomic E-state index is 12.2. The Morgan fingerprint density at radius 1 is 1.39 bits per heavy atom. The highest BCUT2D eigenvalue weighted by Gasteiger charge is 2.26. The van der Waals surface area contributed by atoms with Crippen LogP contribution in [0.2, 0.25) is 0 Å². The normalized spacial score (nSPS) is 16.5. The van der Waals surface area contributed by atoms with Crippen LogP contribution in [0, 0.1) is 0 Å². The van der Waals surface area contributed by atoms with Gasteiger partial charge in [-0.1, -0.05) is 13.3 Å². The molecule has 0 atom stereocenters. The number of piperidine rings is 1. The fraction of sp³-hybridized carbons (Fsp3) is 0.643. The molecule has 8 nitrogen and oxygen atoms in total. The van der Waals surface area contributed by atoms with Crippen molar-refractivity contribution >= 4 is 15.9 Å². The minimum Gasteiger partial charge on any atom is -0.337 e. The summed E-state index contributed by atoms with van der Waals surface area (Å²) in [7, 11) is -3.24. The molecule has 1 aromatic heterocycles. The first kappa shape index (κ1) is 17.6. The molecular weight excluding hydrogens is 320 g/mol. The summed E-state index contributed by atoms with van der Waals surface area (Å²) in [6, 6.07) is 2.51. The number of aromatic nitrogens is 2. The van der Waals surface area contributed by atoms with Crippen LogP contribution in [0.5, 0.6) is 0 Å². The Labute approximate surface area is 135 Å². The topological polar surface area (TPSA) is 112 Å². The number of likely N-dealkylation sites (tertiary alicyclic amines) is 1. The van der Waals surface area contributed by atoms with Gasteiger partial charge in [0.05, 0.1) is 5.75 Å². The number of carbonyl (C=O) groups is 1. The summed E-state index contributed by atoms with van der Waals surface area (Å²) in [5.74, 6) is -0.113. The summed E-state index contributed by atoms with van der Waals surface area (Å²) < 4.78 is 26.5. The molecule has 23 heavy (non-hydrogen) atoms. The van der Waals surface area contributed by atoms with Crippen LogP contribution < -0.4 is 10.3 Å². The molecule has 1 aliphatic heterocycles. The molecule has 0 spiro atoms. The highest BCUT2D eigenvalue weighted by Crippen LogP contribution is 2.14. The van der Waals surface area contributed by atoms with Crippen molar-refractivity contribution in [1.82, 2.24) is 19.8 Å². The molecule has 1 fully saturated rings. The molecular formula is C14H22N4O4S. The van der Waals surface area contributed by atoms with Gasteiger partial charge in [-0.2, -0.15) is 5.10 Å². The van der Waals surface area contributed by atoms with E-state index in [0.29, 0.717) is 32.4 Å². The average molecular weight is 342 g/mol. The fourth-order valence-corrected chi connectivity index (χ4v) is 4.00. The number of nitrogens with one attached hydrogen (secondary N) is 2. The molecule has 2 rings (SSSR count). The van der Waals surface area contributed by atoms with E-state index in [9.17, 15) is 18.0 Å². The van der Waals surface area contributed by atoms with E-state index in [2.05, 4.69) is 14.9 Å².